The van der Waals surface area contributed by atoms with E-state index in [1.165, 1.54) is 12.1 Å². The Morgan fingerprint density at radius 3 is 2.83 bits per heavy atom. The van der Waals surface area contributed by atoms with Gasteiger partial charge in [0.1, 0.15) is 5.82 Å². The molecule has 1 aromatic heterocycles. The van der Waals surface area contributed by atoms with E-state index in [1.54, 1.807) is 12.3 Å². The lowest BCUT2D eigenvalue weighted by Gasteiger charge is -2.23. The van der Waals surface area contributed by atoms with E-state index in [0.717, 1.165) is 17.6 Å². The second-order valence-corrected chi connectivity index (χ2v) is 6.35. The number of pyridine rings is 1. The van der Waals surface area contributed by atoms with Crippen molar-refractivity contribution >= 4 is 28.4 Å². The van der Waals surface area contributed by atoms with E-state index in [2.05, 4.69) is 30.4 Å². The molecule has 0 unspecified atom stereocenters. The Kier molecular flexibility index (Phi) is 3.76. The zero-order valence-electron chi connectivity index (χ0n) is 10.8. The smallest absolute Gasteiger partial charge is 0.125 e. The van der Waals surface area contributed by atoms with E-state index in [-0.39, 0.29) is 10.6 Å². The van der Waals surface area contributed by atoms with Crippen LogP contribution in [0.4, 0.5) is 10.1 Å². The van der Waals surface area contributed by atoms with Crippen molar-refractivity contribution in [3.8, 4) is 0 Å². The molecule has 1 N–H and O–H groups in total. The fraction of sp³-hybridized carbons (Fsp3) is 0.357. The van der Waals surface area contributed by atoms with Crippen LogP contribution >= 0.6 is 11.8 Å². The molecule has 1 heterocycles. The van der Waals surface area contributed by atoms with E-state index < -0.39 is 0 Å². The summed E-state index contributed by atoms with van der Waals surface area (Å²) in [7, 11) is 0. The third kappa shape index (κ3) is 2.93. The van der Waals surface area contributed by atoms with Gasteiger partial charge < -0.3 is 5.32 Å². The summed E-state index contributed by atoms with van der Waals surface area (Å²) in [6.07, 6.45) is 3.80. The van der Waals surface area contributed by atoms with Gasteiger partial charge in [0.15, 0.2) is 0 Å². The second-order valence-electron chi connectivity index (χ2n) is 4.84. The summed E-state index contributed by atoms with van der Waals surface area (Å²) in [5, 5.41) is 4.37. The molecule has 96 valence electrons. The number of hydrogen-bond acceptors (Lipinski definition) is 3. The Labute approximate surface area is 111 Å². The number of aromatic nitrogens is 1. The first-order valence-corrected chi connectivity index (χ1v) is 7.08. The minimum Gasteiger partial charge on any atom is -0.383 e. The predicted molar refractivity (Wildman–Crippen MR) is 77.8 cm³/mol. The molecule has 0 radical (unpaired) electrons. The Bertz CT molecular complexity index is 554. The highest BCUT2D eigenvalue weighted by Gasteiger charge is 2.15. The first-order valence-electron chi connectivity index (χ1n) is 5.85. The highest BCUT2D eigenvalue weighted by Crippen LogP contribution is 2.25. The number of nitrogens with one attached hydrogen (secondary N) is 1. The molecule has 0 fully saturated rings. The molecule has 0 spiro atoms. The third-order valence-electron chi connectivity index (χ3n) is 2.96. The van der Waals surface area contributed by atoms with E-state index >= 15 is 0 Å². The zero-order valence-corrected chi connectivity index (χ0v) is 11.6. The van der Waals surface area contributed by atoms with Crippen molar-refractivity contribution in [2.24, 2.45) is 0 Å². The number of hydrogen-bond donors (Lipinski definition) is 1. The monoisotopic (exact) mass is 264 g/mol. The first-order chi connectivity index (χ1) is 8.52. The molecule has 0 saturated carbocycles. The van der Waals surface area contributed by atoms with Crippen LogP contribution in [-0.4, -0.2) is 22.5 Å². The normalized spacial score (nSPS) is 11.8. The fourth-order valence-corrected chi connectivity index (χ4v) is 1.87. The highest BCUT2D eigenvalue weighted by molar-refractivity contribution is 7.99. The molecular formula is C14H17FN2S. The standard InChI is InChI=1S/C14H17FN2S/c1-14(2,18-3)9-17-12-6-7-16-13-8-10(15)4-5-11(12)13/h4-8H,9H2,1-3H3,(H,16,17). The number of fused-ring (bicyclic) bond motifs is 1. The Hall–Kier alpha value is -1.29. The number of thioether (sulfide) groups is 1. The number of rotatable bonds is 4. The molecule has 0 atom stereocenters. The molecule has 1 aromatic carbocycles. The van der Waals surface area contributed by atoms with Gasteiger partial charge in [-0.15, -0.1) is 0 Å². The fourth-order valence-electron chi connectivity index (χ4n) is 1.66. The summed E-state index contributed by atoms with van der Waals surface area (Å²) in [4.78, 5) is 4.18. The average molecular weight is 264 g/mol. The van der Waals surface area contributed by atoms with Crippen molar-refractivity contribution in [2.75, 3.05) is 18.1 Å². The minimum atomic E-state index is -0.253. The van der Waals surface area contributed by atoms with Gasteiger partial charge in [-0.2, -0.15) is 11.8 Å². The van der Waals surface area contributed by atoms with E-state index in [0.29, 0.717) is 5.52 Å². The summed E-state index contributed by atoms with van der Waals surface area (Å²) in [6, 6.07) is 6.62. The summed E-state index contributed by atoms with van der Waals surface area (Å²) in [5.74, 6) is -0.253. The van der Waals surface area contributed by atoms with Crippen LogP contribution in [0.25, 0.3) is 10.9 Å². The summed E-state index contributed by atoms with van der Waals surface area (Å²) >= 11 is 1.82. The number of anilines is 1. The van der Waals surface area contributed by atoms with Crippen molar-refractivity contribution in [2.45, 2.75) is 18.6 Å². The predicted octanol–water partition coefficient (Wildman–Crippen LogP) is 3.93. The topological polar surface area (TPSA) is 24.9 Å². The van der Waals surface area contributed by atoms with Crippen LogP contribution in [0.1, 0.15) is 13.8 Å². The molecule has 2 aromatic rings. The Balaban J connectivity index is 2.29. The average Bonchev–Trinajstić information content (AvgIpc) is 2.36. The molecule has 0 aliphatic heterocycles. The van der Waals surface area contributed by atoms with Crippen LogP contribution in [0.15, 0.2) is 30.5 Å². The van der Waals surface area contributed by atoms with Crippen molar-refractivity contribution in [3.05, 3.63) is 36.3 Å². The Morgan fingerprint density at radius 2 is 2.11 bits per heavy atom. The zero-order chi connectivity index (χ0) is 13.2. The molecule has 0 amide bonds. The molecule has 0 saturated heterocycles. The molecular weight excluding hydrogens is 247 g/mol. The van der Waals surface area contributed by atoms with Gasteiger partial charge in [-0.25, -0.2) is 4.39 Å². The maximum Gasteiger partial charge on any atom is 0.125 e. The van der Waals surface area contributed by atoms with Crippen LogP contribution < -0.4 is 5.32 Å². The maximum absolute atomic E-state index is 13.1. The van der Waals surface area contributed by atoms with E-state index in [4.69, 9.17) is 0 Å². The van der Waals surface area contributed by atoms with Gasteiger partial charge in [-0.1, -0.05) is 0 Å². The van der Waals surface area contributed by atoms with Gasteiger partial charge in [0.2, 0.25) is 0 Å². The van der Waals surface area contributed by atoms with Crippen LogP contribution in [0.5, 0.6) is 0 Å². The summed E-state index contributed by atoms with van der Waals surface area (Å²) in [5.41, 5.74) is 1.68. The molecule has 2 rings (SSSR count). The third-order valence-corrected chi connectivity index (χ3v) is 4.21. The summed E-state index contributed by atoms with van der Waals surface area (Å²) in [6.45, 7) is 5.23. The van der Waals surface area contributed by atoms with Gasteiger partial charge in [0.05, 0.1) is 5.52 Å². The van der Waals surface area contributed by atoms with E-state index in [1.807, 2.05) is 17.8 Å². The molecule has 0 aliphatic carbocycles. The number of benzene rings is 1. The maximum atomic E-state index is 13.1. The molecule has 0 aliphatic rings. The van der Waals surface area contributed by atoms with Crippen molar-refractivity contribution < 1.29 is 4.39 Å². The SMILES string of the molecule is CSC(C)(C)CNc1ccnc2cc(F)ccc12. The number of nitrogens with zero attached hydrogens (tertiary/aromatic N) is 1. The molecule has 4 heteroatoms. The summed E-state index contributed by atoms with van der Waals surface area (Å²) < 4.78 is 13.3. The first kappa shape index (κ1) is 13.1. The van der Waals surface area contributed by atoms with Gasteiger partial charge in [0.25, 0.3) is 0 Å². The number of halogens is 1. The quantitative estimate of drug-likeness (QED) is 0.905. The molecule has 18 heavy (non-hydrogen) atoms. The van der Waals surface area contributed by atoms with Gasteiger partial charge in [-0.3, -0.25) is 4.98 Å². The highest BCUT2D eigenvalue weighted by atomic mass is 32.2. The lowest BCUT2D eigenvalue weighted by atomic mass is 10.1. The van der Waals surface area contributed by atoms with Crippen LogP contribution in [0.2, 0.25) is 0 Å². The lowest BCUT2D eigenvalue weighted by Crippen LogP contribution is -2.25. The van der Waals surface area contributed by atoms with Crippen LogP contribution in [-0.2, 0) is 0 Å². The van der Waals surface area contributed by atoms with Crippen molar-refractivity contribution in [1.82, 2.24) is 4.98 Å². The minimum absolute atomic E-state index is 0.162. The lowest BCUT2D eigenvalue weighted by molar-refractivity contribution is 0.629. The van der Waals surface area contributed by atoms with Crippen LogP contribution in [0.3, 0.4) is 0 Å². The van der Waals surface area contributed by atoms with Gasteiger partial charge in [0, 0.05) is 34.6 Å². The van der Waals surface area contributed by atoms with Crippen molar-refractivity contribution in [1.29, 1.82) is 0 Å². The van der Waals surface area contributed by atoms with E-state index in [9.17, 15) is 4.39 Å². The second kappa shape index (κ2) is 5.14. The van der Waals surface area contributed by atoms with Gasteiger partial charge in [-0.05, 0) is 38.3 Å². The molecule has 0 bridgehead atoms. The molecule has 2 nitrogen and oxygen atoms in total. The Morgan fingerprint density at radius 1 is 1.33 bits per heavy atom. The van der Waals surface area contributed by atoms with Crippen molar-refractivity contribution in [3.63, 3.8) is 0 Å². The van der Waals surface area contributed by atoms with Gasteiger partial charge >= 0.3 is 0 Å². The van der Waals surface area contributed by atoms with Crippen LogP contribution in [0, 0.1) is 5.82 Å². The largest absolute Gasteiger partial charge is 0.383 e.